The summed E-state index contributed by atoms with van der Waals surface area (Å²) in [5.74, 6) is 0.326. The molecule has 0 unspecified atom stereocenters. The van der Waals surface area contributed by atoms with E-state index < -0.39 is 18.5 Å². The SMILES string of the molecule is COc1cc(NC(=O)COC(=O)c2sc(-c3ncccn3)nc2C)cc(OC)c1. The number of esters is 1. The van der Waals surface area contributed by atoms with Crippen LogP contribution in [-0.2, 0) is 9.53 Å². The number of hydrogen-bond acceptors (Lipinski definition) is 9. The average Bonchev–Trinajstić information content (AvgIpc) is 3.14. The van der Waals surface area contributed by atoms with E-state index in [1.54, 1.807) is 43.6 Å². The van der Waals surface area contributed by atoms with Gasteiger partial charge in [-0.15, -0.1) is 11.3 Å². The van der Waals surface area contributed by atoms with Crippen molar-refractivity contribution in [1.82, 2.24) is 15.0 Å². The van der Waals surface area contributed by atoms with Crippen molar-refractivity contribution in [3.63, 3.8) is 0 Å². The van der Waals surface area contributed by atoms with Crippen LogP contribution in [0.2, 0.25) is 0 Å². The molecule has 3 aromatic rings. The highest BCUT2D eigenvalue weighted by molar-refractivity contribution is 7.16. The number of amides is 1. The number of benzene rings is 1. The lowest BCUT2D eigenvalue weighted by Gasteiger charge is -2.10. The first-order valence-corrected chi connectivity index (χ1v) is 9.26. The zero-order valence-electron chi connectivity index (χ0n) is 16.0. The summed E-state index contributed by atoms with van der Waals surface area (Å²) in [6, 6.07) is 6.62. The molecule has 1 amide bonds. The molecule has 0 fully saturated rings. The maximum absolute atomic E-state index is 12.4. The van der Waals surface area contributed by atoms with E-state index in [4.69, 9.17) is 14.2 Å². The van der Waals surface area contributed by atoms with Crippen molar-refractivity contribution < 1.29 is 23.8 Å². The predicted molar refractivity (Wildman–Crippen MR) is 106 cm³/mol. The Balaban J connectivity index is 1.62. The Morgan fingerprint density at radius 3 is 2.34 bits per heavy atom. The number of methoxy groups -OCH3 is 2. The van der Waals surface area contributed by atoms with Crippen LogP contribution in [0, 0.1) is 6.92 Å². The molecular weight excluding hydrogens is 396 g/mol. The van der Waals surface area contributed by atoms with Crippen molar-refractivity contribution in [1.29, 1.82) is 0 Å². The Bertz CT molecular complexity index is 1000. The fourth-order valence-corrected chi connectivity index (χ4v) is 3.27. The number of carbonyl (C=O) groups is 2. The topological polar surface area (TPSA) is 113 Å². The standard InChI is InChI=1S/C19H18N4O5S/c1-11-16(29-18(22-11)17-20-5-4-6-21-17)19(25)28-10-15(24)23-12-7-13(26-2)9-14(8-12)27-3/h4-9H,10H2,1-3H3,(H,23,24). The van der Waals surface area contributed by atoms with Crippen LogP contribution in [0.5, 0.6) is 11.5 Å². The number of aryl methyl sites for hydroxylation is 1. The first-order chi connectivity index (χ1) is 14.0. The lowest BCUT2D eigenvalue weighted by Crippen LogP contribution is -2.21. The van der Waals surface area contributed by atoms with Crippen LogP contribution in [0.3, 0.4) is 0 Å². The predicted octanol–water partition coefficient (Wildman–Crippen LogP) is 2.72. The summed E-state index contributed by atoms with van der Waals surface area (Å²) in [7, 11) is 3.02. The number of thiazole rings is 1. The summed E-state index contributed by atoms with van der Waals surface area (Å²) < 4.78 is 15.4. The van der Waals surface area contributed by atoms with Gasteiger partial charge in [-0.2, -0.15) is 0 Å². The molecule has 150 valence electrons. The third kappa shape index (κ3) is 5.05. The first kappa shape index (κ1) is 20.2. The average molecular weight is 414 g/mol. The van der Waals surface area contributed by atoms with Gasteiger partial charge in [0.2, 0.25) is 0 Å². The number of ether oxygens (including phenoxy) is 3. The number of hydrogen-bond donors (Lipinski definition) is 1. The Labute approximate surface area is 170 Å². The second kappa shape index (κ2) is 9.11. The van der Waals surface area contributed by atoms with E-state index >= 15 is 0 Å². The number of aromatic nitrogens is 3. The molecule has 0 spiro atoms. The molecule has 0 saturated carbocycles. The summed E-state index contributed by atoms with van der Waals surface area (Å²) in [5, 5.41) is 3.14. The lowest BCUT2D eigenvalue weighted by atomic mass is 10.2. The molecule has 29 heavy (non-hydrogen) atoms. The Morgan fingerprint density at radius 2 is 1.72 bits per heavy atom. The van der Waals surface area contributed by atoms with Gasteiger partial charge in [-0.25, -0.2) is 19.7 Å². The van der Waals surface area contributed by atoms with Crippen molar-refractivity contribution >= 4 is 28.9 Å². The number of anilines is 1. The van der Waals surface area contributed by atoms with E-state index in [1.807, 2.05) is 0 Å². The Morgan fingerprint density at radius 1 is 1.07 bits per heavy atom. The molecule has 0 aliphatic carbocycles. The third-order valence-corrected chi connectivity index (χ3v) is 4.84. The Hall–Kier alpha value is -3.53. The quantitative estimate of drug-likeness (QED) is 0.587. The van der Waals surface area contributed by atoms with Crippen molar-refractivity contribution in [3.8, 4) is 22.3 Å². The molecule has 0 radical (unpaired) electrons. The molecule has 2 heterocycles. The Kier molecular flexibility index (Phi) is 6.35. The first-order valence-electron chi connectivity index (χ1n) is 8.45. The number of carbonyl (C=O) groups excluding carboxylic acids is 2. The second-order valence-electron chi connectivity index (χ2n) is 5.73. The monoisotopic (exact) mass is 414 g/mol. The van der Waals surface area contributed by atoms with Crippen molar-refractivity contribution in [2.24, 2.45) is 0 Å². The van der Waals surface area contributed by atoms with Gasteiger partial charge < -0.3 is 19.5 Å². The zero-order valence-corrected chi connectivity index (χ0v) is 16.8. The third-order valence-electron chi connectivity index (χ3n) is 3.71. The maximum atomic E-state index is 12.4. The van der Waals surface area contributed by atoms with Gasteiger partial charge in [0.1, 0.15) is 16.4 Å². The van der Waals surface area contributed by atoms with Gasteiger partial charge >= 0.3 is 5.97 Å². The minimum Gasteiger partial charge on any atom is -0.497 e. The van der Waals surface area contributed by atoms with E-state index in [-0.39, 0.29) is 0 Å². The van der Waals surface area contributed by atoms with Gasteiger partial charge in [-0.3, -0.25) is 4.79 Å². The number of nitrogens with one attached hydrogen (secondary N) is 1. The van der Waals surface area contributed by atoms with Crippen LogP contribution in [0.4, 0.5) is 5.69 Å². The van der Waals surface area contributed by atoms with E-state index in [9.17, 15) is 9.59 Å². The summed E-state index contributed by atoms with van der Waals surface area (Å²) in [5.41, 5.74) is 0.945. The molecule has 0 atom stereocenters. The molecule has 0 saturated heterocycles. The van der Waals surface area contributed by atoms with E-state index in [0.29, 0.717) is 38.6 Å². The minimum absolute atomic E-state index is 0.295. The van der Waals surface area contributed by atoms with Crippen LogP contribution < -0.4 is 14.8 Å². The molecule has 3 rings (SSSR count). The summed E-state index contributed by atoms with van der Waals surface area (Å²) in [4.78, 5) is 37.3. The smallest absolute Gasteiger partial charge is 0.350 e. The lowest BCUT2D eigenvalue weighted by molar-refractivity contribution is -0.119. The summed E-state index contributed by atoms with van der Waals surface area (Å²) in [6.07, 6.45) is 3.18. The number of nitrogens with zero attached hydrogens (tertiary/aromatic N) is 3. The summed E-state index contributed by atoms with van der Waals surface area (Å²) in [6.45, 7) is 1.23. The highest BCUT2D eigenvalue weighted by Crippen LogP contribution is 2.27. The van der Waals surface area contributed by atoms with Gasteiger partial charge in [0, 0.05) is 36.3 Å². The summed E-state index contributed by atoms with van der Waals surface area (Å²) >= 11 is 1.11. The molecular formula is C19H18N4O5S. The zero-order chi connectivity index (χ0) is 20.8. The van der Waals surface area contributed by atoms with E-state index in [2.05, 4.69) is 20.3 Å². The van der Waals surface area contributed by atoms with Crippen LogP contribution in [0.25, 0.3) is 10.8 Å². The molecule has 0 bridgehead atoms. The molecule has 0 aliphatic heterocycles. The van der Waals surface area contributed by atoms with Gasteiger partial charge in [0.25, 0.3) is 5.91 Å². The highest BCUT2D eigenvalue weighted by atomic mass is 32.1. The maximum Gasteiger partial charge on any atom is 0.350 e. The van der Waals surface area contributed by atoms with Gasteiger partial charge in [-0.05, 0) is 13.0 Å². The molecule has 1 N–H and O–H groups in total. The molecule has 10 heteroatoms. The number of rotatable bonds is 7. The van der Waals surface area contributed by atoms with Gasteiger partial charge in [0.05, 0.1) is 19.9 Å². The molecule has 1 aromatic carbocycles. The van der Waals surface area contributed by atoms with Crippen LogP contribution in [0.1, 0.15) is 15.4 Å². The van der Waals surface area contributed by atoms with Gasteiger partial charge in [-0.1, -0.05) is 0 Å². The second-order valence-corrected chi connectivity index (χ2v) is 6.73. The van der Waals surface area contributed by atoms with Crippen LogP contribution >= 0.6 is 11.3 Å². The molecule has 9 nitrogen and oxygen atoms in total. The molecule has 0 aliphatic rings. The largest absolute Gasteiger partial charge is 0.497 e. The van der Waals surface area contributed by atoms with Crippen LogP contribution in [-0.4, -0.2) is 47.7 Å². The van der Waals surface area contributed by atoms with Crippen molar-refractivity contribution in [2.75, 3.05) is 26.1 Å². The normalized spacial score (nSPS) is 10.3. The minimum atomic E-state index is -0.638. The fourth-order valence-electron chi connectivity index (χ4n) is 2.36. The van der Waals surface area contributed by atoms with Gasteiger partial charge in [0.15, 0.2) is 17.4 Å². The fraction of sp³-hybridized carbons (Fsp3) is 0.211. The highest BCUT2D eigenvalue weighted by Gasteiger charge is 2.19. The van der Waals surface area contributed by atoms with E-state index in [1.165, 1.54) is 14.2 Å². The molecule has 2 aromatic heterocycles. The van der Waals surface area contributed by atoms with Crippen molar-refractivity contribution in [3.05, 3.63) is 47.2 Å². The van der Waals surface area contributed by atoms with Crippen molar-refractivity contribution in [2.45, 2.75) is 6.92 Å². The van der Waals surface area contributed by atoms with E-state index in [0.717, 1.165) is 11.3 Å². The van der Waals surface area contributed by atoms with Crippen LogP contribution in [0.15, 0.2) is 36.7 Å².